The highest BCUT2D eigenvalue weighted by Crippen LogP contribution is 2.06. The van der Waals surface area contributed by atoms with Crippen LogP contribution >= 0.6 is 0 Å². The first kappa shape index (κ1) is 17.1. The minimum atomic E-state index is -3.25. The Balaban J connectivity index is 2.40. The van der Waals surface area contributed by atoms with Gasteiger partial charge in [-0.05, 0) is 50.6 Å². The topological polar surface area (TPSA) is 58.2 Å². The summed E-state index contributed by atoms with van der Waals surface area (Å²) >= 11 is 0. The van der Waals surface area contributed by atoms with E-state index in [9.17, 15) is 12.8 Å². The molecule has 20 heavy (non-hydrogen) atoms. The van der Waals surface area contributed by atoms with Gasteiger partial charge in [-0.25, -0.2) is 17.5 Å². The number of nitrogens with one attached hydrogen (secondary N) is 2. The first-order valence-electron chi connectivity index (χ1n) is 6.88. The lowest BCUT2D eigenvalue weighted by molar-refractivity contribution is 0.555. The average Bonchev–Trinajstić information content (AvgIpc) is 2.37. The van der Waals surface area contributed by atoms with Crippen molar-refractivity contribution in [2.75, 3.05) is 18.8 Å². The van der Waals surface area contributed by atoms with Gasteiger partial charge in [-0.3, -0.25) is 0 Å². The fourth-order valence-electron chi connectivity index (χ4n) is 1.95. The normalized spacial score (nSPS) is 13.3. The minimum Gasteiger partial charge on any atom is -0.317 e. The van der Waals surface area contributed by atoms with E-state index in [1.54, 1.807) is 12.1 Å². The van der Waals surface area contributed by atoms with Crippen LogP contribution in [-0.4, -0.2) is 33.3 Å². The predicted octanol–water partition coefficient (Wildman–Crippen LogP) is 1.68. The molecule has 0 spiro atoms. The summed E-state index contributed by atoms with van der Waals surface area (Å²) in [5.41, 5.74) is 0.911. The molecule has 6 heteroatoms. The van der Waals surface area contributed by atoms with Crippen LogP contribution in [0.2, 0.25) is 0 Å². The van der Waals surface area contributed by atoms with E-state index in [1.807, 2.05) is 13.8 Å². The minimum absolute atomic E-state index is 0.119. The zero-order valence-electron chi connectivity index (χ0n) is 12.0. The highest BCUT2D eigenvalue weighted by Gasteiger charge is 2.14. The van der Waals surface area contributed by atoms with Crippen molar-refractivity contribution in [3.05, 3.63) is 35.6 Å². The standard InChI is InChI=1S/C14H23FN2O2S/c1-3-16-9-4-10-20(18,19)17-12(2)11-13-5-7-14(15)8-6-13/h5-8,12,16-17H,3-4,9-11H2,1-2H3. The quantitative estimate of drug-likeness (QED) is 0.682. The van der Waals surface area contributed by atoms with Crippen molar-refractivity contribution in [2.45, 2.75) is 32.7 Å². The molecule has 0 radical (unpaired) electrons. The molecule has 0 saturated carbocycles. The molecule has 0 fully saturated rings. The Morgan fingerprint density at radius 3 is 2.50 bits per heavy atom. The first-order valence-corrected chi connectivity index (χ1v) is 8.53. The number of hydrogen-bond donors (Lipinski definition) is 2. The van der Waals surface area contributed by atoms with Crippen LogP contribution in [0, 0.1) is 5.82 Å². The van der Waals surface area contributed by atoms with Crippen LogP contribution < -0.4 is 10.0 Å². The molecular weight excluding hydrogens is 279 g/mol. The Kier molecular flexibility index (Phi) is 7.12. The van der Waals surface area contributed by atoms with Gasteiger partial charge in [0.2, 0.25) is 10.0 Å². The van der Waals surface area contributed by atoms with Crippen LogP contribution in [0.4, 0.5) is 4.39 Å². The molecule has 0 aromatic heterocycles. The molecule has 0 saturated heterocycles. The summed E-state index contributed by atoms with van der Waals surface area (Å²) in [6, 6.07) is 5.90. The van der Waals surface area contributed by atoms with Crippen LogP contribution in [0.1, 0.15) is 25.8 Å². The van der Waals surface area contributed by atoms with E-state index in [-0.39, 0.29) is 17.6 Å². The zero-order chi connectivity index (χ0) is 15.0. The maximum atomic E-state index is 12.8. The van der Waals surface area contributed by atoms with Gasteiger partial charge in [-0.2, -0.15) is 0 Å². The molecule has 4 nitrogen and oxygen atoms in total. The van der Waals surface area contributed by atoms with Gasteiger partial charge < -0.3 is 5.32 Å². The summed E-state index contributed by atoms with van der Waals surface area (Å²) in [5, 5.41) is 3.09. The molecule has 1 unspecified atom stereocenters. The third kappa shape index (κ3) is 6.98. The maximum absolute atomic E-state index is 12.8. The molecule has 0 aliphatic carbocycles. The summed E-state index contributed by atoms with van der Waals surface area (Å²) in [6.45, 7) is 5.33. The SMILES string of the molecule is CCNCCCS(=O)(=O)NC(C)Cc1ccc(F)cc1. The lowest BCUT2D eigenvalue weighted by Crippen LogP contribution is -2.36. The van der Waals surface area contributed by atoms with Crippen LogP contribution in [0.15, 0.2) is 24.3 Å². The Labute approximate surface area is 120 Å². The Bertz CT molecular complexity index is 488. The highest BCUT2D eigenvalue weighted by atomic mass is 32.2. The fourth-order valence-corrected chi connectivity index (χ4v) is 3.28. The molecule has 1 aromatic rings. The lowest BCUT2D eigenvalue weighted by atomic mass is 10.1. The second-order valence-electron chi connectivity index (χ2n) is 4.88. The number of rotatable bonds is 9. The summed E-state index contributed by atoms with van der Waals surface area (Å²) in [4.78, 5) is 0. The van der Waals surface area contributed by atoms with Crippen LogP contribution in [0.5, 0.6) is 0 Å². The number of hydrogen-bond acceptors (Lipinski definition) is 3. The largest absolute Gasteiger partial charge is 0.317 e. The Hall–Kier alpha value is -0.980. The third-order valence-electron chi connectivity index (χ3n) is 2.85. The van der Waals surface area contributed by atoms with Crippen molar-refractivity contribution in [1.29, 1.82) is 0 Å². The average molecular weight is 302 g/mol. The first-order chi connectivity index (χ1) is 9.43. The van der Waals surface area contributed by atoms with Crippen molar-refractivity contribution >= 4 is 10.0 Å². The number of halogens is 1. The Morgan fingerprint density at radius 2 is 1.90 bits per heavy atom. The fraction of sp³-hybridized carbons (Fsp3) is 0.571. The van der Waals surface area contributed by atoms with Gasteiger partial charge in [-0.15, -0.1) is 0 Å². The number of benzene rings is 1. The van der Waals surface area contributed by atoms with E-state index in [4.69, 9.17) is 0 Å². The molecule has 0 amide bonds. The maximum Gasteiger partial charge on any atom is 0.211 e. The molecule has 1 atom stereocenters. The van der Waals surface area contributed by atoms with Gasteiger partial charge in [-0.1, -0.05) is 19.1 Å². The van der Waals surface area contributed by atoms with Crippen LogP contribution in [0.25, 0.3) is 0 Å². The monoisotopic (exact) mass is 302 g/mol. The molecule has 1 aromatic carbocycles. The van der Waals surface area contributed by atoms with Gasteiger partial charge in [0.15, 0.2) is 0 Å². The van der Waals surface area contributed by atoms with Gasteiger partial charge in [0.1, 0.15) is 5.82 Å². The number of sulfonamides is 1. The smallest absolute Gasteiger partial charge is 0.211 e. The van der Waals surface area contributed by atoms with Crippen molar-refractivity contribution in [3.8, 4) is 0 Å². The molecule has 0 aliphatic heterocycles. The predicted molar refractivity (Wildman–Crippen MR) is 79.6 cm³/mol. The van der Waals surface area contributed by atoms with E-state index in [0.29, 0.717) is 19.4 Å². The summed E-state index contributed by atoms with van der Waals surface area (Å²) < 4.78 is 39.1. The van der Waals surface area contributed by atoms with E-state index < -0.39 is 10.0 Å². The van der Waals surface area contributed by atoms with E-state index in [0.717, 1.165) is 12.1 Å². The summed E-state index contributed by atoms with van der Waals surface area (Å²) in [7, 11) is -3.25. The second kappa shape index (κ2) is 8.34. The van der Waals surface area contributed by atoms with E-state index in [1.165, 1.54) is 12.1 Å². The molecule has 2 N–H and O–H groups in total. The van der Waals surface area contributed by atoms with Crippen molar-refractivity contribution in [3.63, 3.8) is 0 Å². The second-order valence-corrected chi connectivity index (χ2v) is 6.75. The van der Waals surface area contributed by atoms with E-state index in [2.05, 4.69) is 10.0 Å². The van der Waals surface area contributed by atoms with Crippen molar-refractivity contribution < 1.29 is 12.8 Å². The molecule has 0 bridgehead atoms. The van der Waals surface area contributed by atoms with Crippen molar-refractivity contribution in [2.24, 2.45) is 0 Å². The van der Waals surface area contributed by atoms with Gasteiger partial charge >= 0.3 is 0 Å². The van der Waals surface area contributed by atoms with Crippen molar-refractivity contribution in [1.82, 2.24) is 10.0 Å². The van der Waals surface area contributed by atoms with E-state index >= 15 is 0 Å². The van der Waals surface area contributed by atoms with Crippen LogP contribution in [0.3, 0.4) is 0 Å². The lowest BCUT2D eigenvalue weighted by Gasteiger charge is -2.14. The highest BCUT2D eigenvalue weighted by molar-refractivity contribution is 7.89. The molecule has 1 rings (SSSR count). The van der Waals surface area contributed by atoms with Gasteiger partial charge in [0, 0.05) is 6.04 Å². The summed E-state index contributed by atoms with van der Waals surface area (Å²) in [5.74, 6) is -0.168. The summed E-state index contributed by atoms with van der Waals surface area (Å²) in [6.07, 6.45) is 1.14. The molecule has 0 heterocycles. The molecular formula is C14H23FN2O2S. The molecule has 114 valence electrons. The zero-order valence-corrected chi connectivity index (χ0v) is 12.8. The van der Waals surface area contributed by atoms with Gasteiger partial charge in [0.05, 0.1) is 5.75 Å². The third-order valence-corrected chi connectivity index (χ3v) is 4.44. The van der Waals surface area contributed by atoms with Gasteiger partial charge in [0.25, 0.3) is 0 Å². The molecule has 0 aliphatic rings. The van der Waals surface area contributed by atoms with Crippen LogP contribution in [-0.2, 0) is 16.4 Å². The Morgan fingerprint density at radius 1 is 1.25 bits per heavy atom.